The number of likely N-dealkylation sites (tertiary alicyclic amines) is 1. The van der Waals surface area contributed by atoms with E-state index in [9.17, 15) is 14.7 Å². The molecule has 5 heteroatoms. The molecule has 1 aliphatic heterocycles. The Balaban J connectivity index is 1.36. The Kier molecular flexibility index (Phi) is 4.66. The molecule has 1 heterocycles. The molecule has 2 atom stereocenters. The van der Waals surface area contributed by atoms with Crippen LogP contribution in [0.3, 0.4) is 0 Å². The van der Waals surface area contributed by atoms with Crippen LogP contribution >= 0.6 is 0 Å². The number of carboxylic acids is 1. The first-order valence-corrected chi connectivity index (χ1v) is 10.3. The van der Waals surface area contributed by atoms with Crippen molar-refractivity contribution < 1.29 is 19.4 Å². The van der Waals surface area contributed by atoms with Gasteiger partial charge in [-0.15, -0.1) is 0 Å². The van der Waals surface area contributed by atoms with Gasteiger partial charge in [-0.2, -0.15) is 0 Å². The summed E-state index contributed by atoms with van der Waals surface area (Å²) < 4.78 is 5.72. The van der Waals surface area contributed by atoms with Gasteiger partial charge in [-0.05, 0) is 46.6 Å². The van der Waals surface area contributed by atoms with Crippen LogP contribution in [0.1, 0.15) is 29.9 Å². The lowest BCUT2D eigenvalue weighted by Crippen LogP contribution is -2.51. The van der Waals surface area contributed by atoms with Gasteiger partial charge in [0, 0.05) is 12.5 Å². The molecule has 0 bridgehead atoms. The number of amides is 1. The molecule has 5 nitrogen and oxygen atoms in total. The van der Waals surface area contributed by atoms with Crippen molar-refractivity contribution in [2.75, 3.05) is 13.2 Å². The molecule has 1 unspecified atom stereocenters. The number of hydrogen-bond donors (Lipinski definition) is 1. The Labute approximate surface area is 175 Å². The van der Waals surface area contributed by atoms with E-state index in [-0.39, 0.29) is 18.4 Å². The second kappa shape index (κ2) is 7.48. The maximum atomic E-state index is 13.0. The number of nitrogens with zero attached hydrogens (tertiary/aromatic N) is 1. The van der Waals surface area contributed by atoms with Crippen molar-refractivity contribution in [1.82, 2.24) is 4.90 Å². The fraction of sp³-hybridized carbons (Fsp3) is 0.280. The lowest BCUT2D eigenvalue weighted by molar-refractivity contribution is -0.143. The average Bonchev–Trinajstić information content (AvgIpc) is 3.10. The second-order valence-electron chi connectivity index (χ2n) is 8.12. The van der Waals surface area contributed by atoms with E-state index in [1.54, 1.807) is 0 Å². The Hall–Kier alpha value is -3.34. The number of hydrogen-bond acceptors (Lipinski definition) is 3. The molecule has 2 aromatic carbocycles. The number of piperidine rings is 1. The summed E-state index contributed by atoms with van der Waals surface area (Å²) in [5.41, 5.74) is 5.71. The largest absolute Gasteiger partial charge is 0.480 e. The van der Waals surface area contributed by atoms with Crippen molar-refractivity contribution >= 4 is 12.1 Å². The fourth-order valence-electron chi connectivity index (χ4n) is 4.96. The molecule has 1 fully saturated rings. The first-order chi connectivity index (χ1) is 14.6. The van der Waals surface area contributed by atoms with Gasteiger partial charge in [-0.25, -0.2) is 9.59 Å². The lowest BCUT2D eigenvalue weighted by Gasteiger charge is -2.39. The van der Waals surface area contributed by atoms with E-state index in [1.165, 1.54) is 4.90 Å². The summed E-state index contributed by atoms with van der Waals surface area (Å²) in [5.74, 6) is -0.829. The van der Waals surface area contributed by atoms with E-state index < -0.39 is 18.1 Å². The van der Waals surface area contributed by atoms with Crippen LogP contribution in [-0.4, -0.2) is 41.3 Å². The summed E-state index contributed by atoms with van der Waals surface area (Å²) in [6, 6.07) is 15.5. The highest BCUT2D eigenvalue weighted by atomic mass is 16.6. The highest BCUT2D eigenvalue weighted by Gasteiger charge is 2.40. The molecule has 3 aliphatic rings. The van der Waals surface area contributed by atoms with Gasteiger partial charge in [0.1, 0.15) is 12.6 Å². The smallest absolute Gasteiger partial charge is 0.410 e. The Morgan fingerprint density at radius 3 is 2.37 bits per heavy atom. The SMILES string of the molecule is O=C(O)[C@@H]1CC2CC=CC=C2CN1C(=O)OCC1c2ccccc2-c2ccccc21. The number of carbonyl (C=O) groups is 2. The predicted octanol–water partition coefficient (Wildman–Crippen LogP) is 4.60. The van der Waals surface area contributed by atoms with Crippen molar-refractivity contribution in [3.05, 3.63) is 83.5 Å². The van der Waals surface area contributed by atoms with Crippen LogP contribution in [0, 0.1) is 5.92 Å². The lowest BCUT2D eigenvalue weighted by atomic mass is 9.82. The zero-order chi connectivity index (χ0) is 20.7. The third kappa shape index (κ3) is 3.11. The molecule has 0 radical (unpaired) electrons. The zero-order valence-corrected chi connectivity index (χ0v) is 16.5. The normalized spacial score (nSPS) is 22.0. The van der Waals surface area contributed by atoms with Crippen LogP contribution in [0.2, 0.25) is 0 Å². The monoisotopic (exact) mass is 401 g/mol. The fourth-order valence-corrected chi connectivity index (χ4v) is 4.96. The van der Waals surface area contributed by atoms with E-state index in [2.05, 4.69) is 30.3 Å². The molecule has 5 rings (SSSR count). The van der Waals surface area contributed by atoms with E-state index in [0.717, 1.165) is 34.2 Å². The van der Waals surface area contributed by atoms with Crippen molar-refractivity contribution in [2.24, 2.45) is 5.92 Å². The van der Waals surface area contributed by atoms with Crippen molar-refractivity contribution in [1.29, 1.82) is 0 Å². The van der Waals surface area contributed by atoms with Gasteiger partial charge in [0.15, 0.2) is 0 Å². The number of carboxylic acid groups (broad SMARTS) is 1. The van der Waals surface area contributed by atoms with Crippen LogP contribution in [-0.2, 0) is 9.53 Å². The molecular formula is C25H23NO4. The Bertz CT molecular complexity index is 1020. The van der Waals surface area contributed by atoms with Crippen LogP contribution in [0.25, 0.3) is 11.1 Å². The number of ether oxygens (including phenoxy) is 1. The van der Waals surface area contributed by atoms with Crippen LogP contribution in [0.4, 0.5) is 4.79 Å². The number of carbonyl (C=O) groups excluding carboxylic acids is 1. The van der Waals surface area contributed by atoms with Crippen molar-refractivity contribution in [3.8, 4) is 11.1 Å². The van der Waals surface area contributed by atoms with E-state index >= 15 is 0 Å². The minimum Gasteiger partial charge on any atom is -0.480 e. The number of fused-ring (bicyclic) bond motifs is 4. The summed E-state index contributed by atoms with van der Waals surface area (Å²) >= 11 is 0. The third-order valence-electron chi connectivity index (χ3n) is 6.48. The number of rotatable bonds is 3. The Morgan fingerprint density at radius 2 is 1.70 bits per heavy atom. The molecule has 2 aliphatic carbocycles. The molecule has 0 aromatic heterocycles. The van der Waals surface area contributed by atoms with Crippen molar-refractivity contribution in [3.63, 3.8) is 0 Å². The highest BCUT2D eigenvalue weighted by Crippen LogP contribution is 2.44. The molecule has 1 N–H and O–H groups in total. The molecule has 0 spiro atoms. The topological polar surface area (TPSA) is 66.8 Å². The molecular weight excluding hydrogens is 378 g/mol. The quantitative estimate of drug-likeness (QED) is 0.816. The van der Waals surface area contributed by atoms with Gasteiger partial charge in [0.25, 0.3) is 0 Å². The highest BCUT2D eigenvalue weighted by molar-refractivity contribution is 5.82. The third-order valence-corrected chi connectivity index (χ3v) is 6.48. The summed E-state index contributed by atoms with van der Waals surface area (Å²) in [6.45, 7) is 0.501. The van der Waals surface area contributed by atoms with Gasteiger partial charge in [0.2, 0.25) is 0 Å². The van der Waals surface area contributed by atoms with Gasteiger partial charge >= 0.3 is 12.1 Å². The molecule has 0 saturated carbocycles. The van der Waals surface area contributed by atoms with E-state index in [1.807, 2.05) is 36.4 Å². The van der Waals surface area contributed by atoms with Crippen molar-refractivity contribution in [2.45, 2.75) is 24.8 Å². The summed E-state index contributed by atoms with van der Waals surface area (Å²) in [7, 11) is 0. The molecule has 30 heavy (non-hydrogen) atoms. The average molecular weight is 401 g/mol. The van der Waals surface area contributed by atoms with Crippen LogP contribution < -0.4 is 0 Å². The molecule has 152 valence electrons. The minimum atomic E-state index is -0.975. The maximum absolute atomic E-state index is 13.0. The molecule has 1 amide bonds. The van der Waals surface area contributed by atoms with Crippen LogP contribution in [0.5, 0.6) is 0 Å². The first kappa shape index (κ1) is 18.7. The molecule has 1 saturated heterocycles. The van der Waals surface area contributed by atoms with E-state index in [0.29, 0.717) is 13.0 Å². The standard InChI is InChI=1S/C25H23NO4/c27-24(28)23-13-16-7-1-2-8-17(16)14-26(23)25(29)30-15-22-20-11-5-3-9-18(20)19-10-4-6-12-21(19)22/h1-6,8-12,16,22-23H,7,13-15H2,(H,27,28)/t16?,23-/m0/s1. The summed E-state index contributed by atoms with van der Waals surface area (Å²) in [6.07, 6.45) is 6.72. The summed E-state index contributed by atoms with van der Waals surface area (Å²) in [5, 5.41) is 9.70. The first-order valence-electron chi connectivity index (χ1n) is 10.3. The van der Waals surface area contributed by atoms with Gasteiger partial charge < -0.3 is 9.84 Å². The Morgan fingerprint density at radius 1 is 1.03 bits per heavy atom. The molecule has 2 aromatic rings. The second-order valence-corrected chi connectivity index (χ2v) is 8.12. The number of allylic oxidation sites excluding steroid dienone is 3. The van der Waals surface area contributed by atoms with Gasteiger partial charge in [-0.3, -0.25) is 4.90 Å². The van der Waals surface area contributed by atoms with Crippen LogP contribution in [0.15, 0.2) is 72.3 Å². The summed E-state index contributed by atoms with van der Waals surface area (Å²) in [4.78, 5) is 26.2. The number of benzene rings is 2. The predicted molar refractivity (Wildman–Crippen MR) is 113 cm³/mol. The minimum absolute atomic E-state index is 0.0426. The van der Waals surface area contributed by atoms with Gasteiger partial charge in [-0.1, -0.05) is 66.8 Å². The zero-order valence-electron chi connectivity index (χ0n) is 16.5. The number of aliphatic carboxylic acids is 1. The van der Waals surface area contributed by atoms with E-state index in [4.69, 9.17) is 4.74 Å². The maximum Gasteiger partial charge on any atom is 0.410 e. The van der Waals surface area contributed by atoms with Gasteiger partial charge in [0.05, 0.1) is 0 Å².